The van der Waals surface area contributed by atoms with Crippen LogP contribution in [0.15, 0.2) is 47.6 Å². The van der Waals surface area contributed by atoms with Gasteiger partial charge in [-0.05, 0) is 38.3 Å². The lowest BCUT2D eigenvalue weighted by Crippen LogP contribution is -2.25. The molecule has 0 aliphatic heterocycles. The van der Waals surface area contributed by atoms with Crippen molar-refractivity contribution in [3.05, 3.63) is 59.4 Å². The summed E-state index contributed by atoms with van der Waals surface area (Å²) < 4.78 is 5.41. The molecule has 2 aromatic heterocycles. The van der Waals surface area contributed by atoms with Crippen LogP contribution in [0.5, 0.6) is 0 Å². The van der Waals surface area contributed by atoms with E-state index in [1.54, 1.807) is 25.3 Å². The lowest BCUT2D eigenvalue weighted by atomic mass is 10.0. The van der Waals surface area contributed by atoms with Gasteiger partial charge in [-0.2, -0.15) is 0 Å². The topological polar surface area (TPSA) is 72.0 Å². The fourth-order valence-corrected chi connectivity index (χ4v) is 3.32. The average molecular weight is 354 g/mol. The number of aryl methyl sites for hydroxylation is 1. The molecule has 0 aliphatic rings. The van der Waals surface area contributed by atoms with Gasteiger partial charge in [-0.1, -0.05) is 18.2 Å². The molecule has 128 valence electrons. The van der Waals surface area contributed by atoms with Crippen LogP contribution in [-0.2, 0) is 4.74 Å². The van der Waals surface area contributed by atoms with Gasteiger partial charge >= 0.3 is 5.97 Å². The number of thioether (sulfide) groups is 1. The van der Waals surface area contributed by atoms with Crippen molar-refractivity contribution in [3.63, 3.8) is 0 Å². The first-order valence-electron chi connectivity index (χ1n) is 7.84. The number of Topliss-reactive ketones (excluding diaryl/α,β-unsaturated/α-hetero) is 1. The number of ketones is 1. The quantitative estimate of drug-likeness (QED) is 0.426. The van der Waals surface area contributed by atoms with Gasteiger partial charge in [0.25, 0.3) is 0 Å². The van der Waals surface area contributed by atoms with Crippen LogP contribution in [0, 0.1) is 6.92 Å². The Morgan fingerprint density at radius 2 is 1.96 bits per heavy atom. The lowest BCUT2D eigenvalue weighted by Gasteiger charge is -2.13. The standard InChI is InChI=1S/C19H18N2O3S/c1-11-16(13-7-4-5-9-15(13)21-11)17(22)12(2)24-19(23)14-8-6-10-20-18(14)25-3/h4-10,12,21H,1-3H3/t12-/m0/s1. The maximum Gasteiger partial charge on any atom is 0.341 e. The summed E-state index contributed by atoms with van der Waals surface area (Å²) in [5, 5.41) is 1.41. The molecule has 1 atom stereocenters. The molecule has 3 rings (SSSR count). The molecule has 1 aromatic carbocycles. The van der Waals surface area contributed by atoms with Crippen molar-refractivity contribution in [3.8, 4) is 0 Å². The maximum absolute atomic E-state index is 12.8. The summed E-state index contributed by atoms with van der Waals surface area (Å²) in [5.41, 5.74) is 2.58. The van der Waals surface area contributed by atoms with Crippen molar-refractivity contribution in [1.29, 1.82) is 0 Å². The molecule has 0 radical (unpaired) electrons. The second-order valence-electron chi connectivity index (χ2n) is 5.64. The van der Waals surface area contributed by atoms with Crippen LogP contribution in [0.25, 0.3) is 10.9 Å². The van der Waals surface area contributed by atoms with Crippen molar-refractivity contribution in [2.24, 2.45) is 0 Å². The Labute approximate surface area is 149 Å². The zero-order valence-corrected chi connectivity index (χ0v) is 15.0. The molecule has 6 heteroatoms. The van der Waals surface area contributed by atoms with E-state index in [0.717, 1.165) is 16.6 Å². The van der Waals surface area contributed by atoms with E-state index in [1.165, 1.54) is 11.8 Å². The van der Waals surface area contributed by atoms with E-state index in [1.807, 2.05) is 37.4 Å². The Bertz CT molecular complexity index is 949. The van der Waals surface area contributed by atoms with Crippen LogP contribution in [-0.4, -0.2) is 34.1 Å². The van der Waals surface area contributed by atoms with Crippen LogP contribution in [0.3, 0.4) is 0 Å². The summed E-state index contributed by atoms with van der Waals surface area (Å²) in [4.78, 5) is 32.6. The first kappa shape index (κ1) is 17.2. The number of esters is 1. The number of aromatic amines is 1. The van der Waals surface area contributed by atoms with Crippen molar-refractivity contribution in [2.45, 2.75) is 25.0 Å². The first-order chi connectivity index (χ1) is 12.0. The van der Waals surface area contributed by atoms with Gasteiger partial charge in [0.15, 0.2) is 6.10 Å². The van der Waals surface area contributed by atoms with Crippen LogP contribution in [0.1, 0.15) is 33.3 Å². The summed E-state index contributed by atoms with van der Waals surface area (Å²) in [6.07, 6.45) is 2.57. The number of rotatable bonds is 5. The van der Waals surface area contributed by atoms with E-state index < -0.39 is 12.1 Å². The molecule has 0 aliphatic carbocycles. The Hall–Kier alpha value is -2.60. The van der Waals surface area contributed by atoms with E-state index in [9.17, 15) is 9.59 Å². The number of hydrogen-bond donors (Lipinski definition) is 1. The van der Waals surface area contributed by atoms with Crippen LogP contribution in [0.2, 0.25) is 0 Å². The number of H-pyrrole nitrogens is 1. The molecule has 0 saturated carbocycles. The summed E-state index contributed by atoms with van der Waals surface area (Å²) >= 11 is 1.36. The zero-order chi connectivity index (χ0) is 18.0. The van der Waals surface area contributed by atoms with Crippen molar-refractivity contribution < 1.29 is 14.3 Å². The number of benzene rings is 1. The number of aromatic nitrogens is 2. The summed E-state index contributed by atoms with van der Waals surface area (Å²) in [7, 11) is 0. The molecule has 0 spiro atoms. The molecule has 0 fully saturated rings. The molecule has 25 heavy (non-hydrogen) atoms. The van der Waals surface area contributed by atoms with Gasteiger partial charge in [-0.25, -0.2) is 9.78 Å². The lowest BCUT2D eigenvalue weighted by molar-refractivity contribution is 0.0315. The van der Waals surface area contributed by atoms with E-state index in [0.29, 0.717) is 16.2 Å². The van der Waals surface area contributed by atoms with Gasteiger partial charge in [0.1, 0.15) is 5.03 Å². The molecule has 5 nitrogen and oxygen atoms in total. The highest BCUT2D eigenvalue weighted by Crippen LogP contribution is 2.24. The summed E-state index contributed by atoms with van der Waals surface area (Å²) in [6, 6.07) is 10.9. The fourth-order valence-electron chi connectivity index (χ4n) is 2.78. The number of fused-ring (bicyclic) bond motifs is 1. The SMILES string of the molecule is CSc1ncccc1C(=O)O[C@@H](C)C(=O)c1c(C)[nH]c2ccccc12. The minimum absolute atomic E-state index is 0.224. The number of ether oxygens (including phenoxy) is 1. The van der Waals surface area contributed by atoms with E-state index in [2.05, 4.69) is 9.97 Å². The molecule has 0 saturated heterocycles. The first-order valence-corrected chi connectivity index (χ1v) is 9.07. The smallest absolute Gasteiger partial charge is 0.341 e. The molecule has 0 bridgehead atoms. The van der Waals surface area contributed by atoms with Crippen molar-refractivity contribution in [2.75, 3.05) is 6.26 Å². The predicted molar refractivity (Wildman–Crippen MR) is 98.3 cm³/mol. The van der Waals surface area contributed by atoms with Gasteiger partial charge in [-0.15, -0.1) is 11.8 Å². The largest absolute Gasteiger partial charge is 0.451 e. The Balaban J connectivity index is 1.85. The Kier molecular flexibility index (Phi) is 4.90. The van der Waals surface area contributed by atoms with E-state index >= 15 is 0 Å². The number of para-hydroxylation sites is 1. The number of nitrogens with zero attached hydrogens (tertiary/aromatic N) is 1. The second kappa shape index (κ2) is 7.11. The zero-order valence-electron chi connectivity index (χ0n) is 14.2. The highest BCUT2D eigenvalue weighted by atomic mass is 32.2. The van der Waals surface area contributed by atoms with Gasteiger partial charge in [0, 0.05) is 28.4 Å². The Morgan fingerprint density at radius 1 is 1.20 bits per heavy atom. The molecule has 0 unspecified atom stereocenters. The molecule has 2 heterocycles. The monoisotopic (exact) mass is 354 g/mol. The van der Waals surface area contributed by atoms with Crippen molar-refractivity contribution in [1.82, 2.24) is 9.97 Å². The normalized spacial score (nSPS) is 12.1. The Morgan fingerprint density at radius 3 is 2.72 bits per heavy atom. The van der Waals surface area contributed by atoms with Gasteiger partial charge in [-0.3, -0.25) is 4.79 Å². The van der Waals surface area contributed by atoms with Crippen molar-refractivity contribution >= 4 is 34.4 Å². The highest BCUT2D eigenvalue weighted by Gasteiger charge is 2.25. The van der Waals surface area contributed by atoms with Crippen LogP contribution < -0.4 is 0 Å². The molecule has 1 N–H and O–H groups in total. The summed E-state index contributed by atoms with van der Waals surface area (Å²) in [6.45, 7) is 3.44. The predicted octanol–water partition coefficient (Wildman–Crippen LogP) is 4.02. The number of pyridine rings is 1. The maximum atomic E-state index is 12.8. The van der Waals surface area contributed by atoms with Crippen LogP contribution >= 0.6 is 11.8 Å². The third-order valence-electron chi connectivity index (χ3n) is 3.98. The minimum Gasteiger partial charge on any atom is -0.451 e. The molecule has 0 amide bonds. The van der Waals surface area contributed by atoms with E-state index in [4.69, 9.17) is 4.74 Å². The third-order valence-corrected chi connectivity index (χ3v) is 4.69. The number of hydrogen-bond acceptors (Lipinski definition) is 5. The summed E-state index contributed by atoms with van der Waals surface area (Å²) in [5.74, 6) is -0.770. The average Bonchev–Trinajstić information content (AvgIpc) is 2.96. The van der Waals surface area contributed by atoms with Crippen LogP contribution in [0.4, 0.5) is 0 Å². The minimum atomic E-state index is -0.889. The molecular formula is C19H18N2O3S. The van der Waals surface area contributed by atoms with E-state index in [-0.39, 0.29) is 5.78 Å². The number of nitrogens with one attached hydrogen (secondary N) is 1. The van der Waals surface area contributed by atoms with Gasteiger partial charge in [0.05, 0.1) is 5.56 Å². The van der Waals surface area contributed by atoms with Gasteiger partial charge < -0.3 is 9.72 Å². The van der Waals surface area contributed by atoms with Gasteiger partial charge in [0.2, 0.25) is 5.78 Å². The number of carbonyl (C=O) groups is 2. The fraction of sp³-hybridized carbons (Fsp3) is 0.211. The second-order valence-corrected chi connectivity index (χ2v) is 6.44. The third kappa shape index (κ3) is 3.30. The number of carbonyl (C=O) groups excluding carboxylic acids is 2. The molecular weight excluding hydrogens is 336 g/mol. The molecule has 3 aromatic rings. The highest BCUT2D eigenvalue weighted by molar-refractivity contribution is 7.98.